The van der Waals surface area contributed by atoms with Crippen molar-refractivity contribution in [1.82, 2.24) is 4.90 Å². The number of nitrogens with zero attached hydrogens (tertiary/aromatic N) is 1. The molecule has 1 nitrogen and oxygen atoms in total. The van der Waals surface area contributed by atoms with Gasteiger partial charge in [0.1, 0.15) is 0 Å². The topological polar surface area (TPSA) is 3.24 Å². The fourth-order valence-electron chi connectivity index (χ4n) is 2.28. The molecule has 23 heavy (non-hydrogen) atoms. The van der Waals surface area contributed by atoms with Gasteiger partial charge in [-0.25, -0.2) is 0 Å². The van der Waals surface area contributed by atoms with Crippen LogP contribution in [0.1, 0.15) is 26.3 Å². The van der Waals surface area contributed by atoms with E-state index in [-0.39, 0.29) is 5.41 Å². The summed E-state index contributed by atoms with van der Waals surface area (Å²) in [6, 6.07) is 6.63. The van der Waals surface area contributed by atoms with Crippen molar-refractivity contribution in [2.45, 2.75) is 32.2 Å². The Morgan fingerprint density at radius 1 is 1.30 bits per heavy atom. The average Bonchev–Trinajstić information content (AvgIpc) is 2.90. The molecule has 0 fully saturated rings. The molecule has 0 aliphatic heterocycles. The van der Waals surface area contributed by atoms with Crippen LogP contribution in [0.5, 0.6) is 0 Å². The van der Waals surface area contributed by atoms with Gasteiger partial charge in [-0.1, -0.05) is 36.1 Å². The zero-order chi connectivity index (χ0) is 16.9. The van der Waals surface area contributed by atoms with Crippen molar-refractivity contribution in [3.05, 3.63) is 41.3 Å². The van der Waals surface area contributed by atoms with Gasteiger partial charge in [-0.15, -0.1) is 23.1 Å². The van der Waals surface area contributed by atoms with Crippen LogP contribution in [-0.4, -0.2) is 24.7 Å². The van der Waals surface area contributed by atoms with E-state index in [0.29, 0.717) is 0 Å². The van der Waals surface area contributed by atoms with E-state index in [1.165, 1.54) is 20.5 Å². The Balaban J connectivity index is 2.00. The first kappa shape index (κ1) is 18.1. The monoisotopic (exact) mass is 343 g/mol. The first-order valence-corrected chi connectivity index (χ1v) is 9.90. The second-order valence-corrected chi connectivity index (χ2v) is 8.44. The van der Waals surface area contributed by atoms with E-state index in [9.17, 15) is 0 Å². The summed E-state index contributed by atoms with van der Waals surface area (Å²) in [5.41, 5.74) is 1.48. The van der Waals surface area contributed by atoms with Gasteiger partial charge in [-0.3, -0.25) is 4.90 Å². The van der Waals surface area contributed by atoms with Gasteiger partial charge < -0.3 is 0 Å². The molecule has 0 spiro atoms. The number of fused-ring (bicyclic) bond motifs is 1. The van der Waals surface area contributed by atoms with Crippen LogP contribution >= 0.6 is 23.1 Å². The van der Waals surface area contributed by atoms with Crippen LogP contribution < -0.4 is 0 Å². The van der Waals surface area contributed by atoms with E-state index in [1.807, 2.05) is 29.2 Å². The van der Waals surface area contributed by atoms with E-state index < -0.39 is 0 Å². The van der Waals surface area contributed by atoms with Crippen LogP contribution in [-0.2, 0) is 6.54 Å². The summed E-state index contributed by atoms with van der Waals surface area (Å²) in [7, 11) is 2.16. The molecule has 0 aliphatic rings. The number of thiophene rings is 1. The van der Waals surface area contributed by atoms with Crippen LogP contribution in [0.3, 0.4) is 0 Å². The molecule has 2 aromatic rings. The summed E-state index contributed by atoms with van der Waals surface area (Å²) in [5, 5.41) is 3.65. The maximum absolute atomic E-state index is 3.22. The second kappa shape index (κ2) is 8.06. The molecule has 1 heterocycles. The molecule has 0 N–H and O–H groups in total. The van der Waals surface area contributed by atoms with Crippen LogP contribution in [0.4, 0.5) is 0 Å². The third-order valence-electron chi connectivity index (χ3n) is 3.37. The normalized spacial score (nSPS) is 12.1. The molecule has 0 saturated heterocycles. The predicted molar refractivity (Wildman–Crippen MR) is 106 cm³/mol. The lowest BCUT2D eigenvalue weighted by Gasteiger charge is -2.15. The molecular weight excluding hydrogens is 318 g/mol. The van der Waals surface area contributed by atoms with Gasteiger partial charge in [0.25, 0.3) is 0 Å². The lowest BCUT2D eigenvalue weighted by Crippen LogP contribution is -2.17. The Labute approximate surface area is 148 Å². The molecular formula is C20H25NS2. The van der Waals surface area contributed by atoms with Gasteiger partial charge in [-0.2, -0.15) is 0 Å². The molecule has 0 radical (unpaired) electrons. The zero-order valence-electron chi connectivity index (χ0n) is 14.6. The van der Waals surface area contributed by atoms with E-state index in [4.69, 9.17) is 0 Å². The van der Waals surface area contributed by atoms with E-state index in [1.54, 1.807) is 0 Å². The highest BCUT2D eigenvalue weighted by Gasteiger charge is 2.08. The maximum Gasteiger partial charge on any atom is 0.0399 e. The molecule has 0 saturated carbocycles. The van der Waals surface area contributed by atoms with Gasteiger partial charge in [0.05, 0.1) is 0 Å². The smallest absolute Gasteiger partial charge is 0.0399 e. The fourth-order valence-corrected chi connectivity index (χ4v) is 4.21. The van der Waals surface area contributed by atoms with Gasteiger partial charge in [-0.05, 0) is 45.7 Å². The second-order valence-electron chi connectivity index (χ2n) is 6.72. The largest absolute Gasteiger partial charge is 0.298 e. The number of hydrogen-bond donors (Lipinski definition) is 0. The minimum atomic E-state index is 0.0695. The van der Waals surface area contributed by atoms with Crippen molar-refractivity contribution in [2.24, 2.45) is 5.41 Å². The number of rotatable bonds is 5. The van der Waals surface area contributed by atoms with Gasteiger partial charge in [0.15, 0.2) is 0 Å². The Kier molecular flexibility index (Phi) is 6.35. The number of allylic oxidation sites excluding steroid dienone is 1. The van der Waals surface area contributed by atoms with Crippen LogP contribution in [0.15, 0.2) is 40.6 Å². The Morgan fingerprint density at radius 2 is 2.09 bits per heavy atom. The van der Waals surface area contributed by atoms with Gasteiger partial charge in [0, 0.05) is 38.9 Å². The lowest BCUT2D eigenvalue weighted by atomic mass is 9.98. The SMILES string of the molecule is CSc1csc2c(CN(C)C/C=C/C#CC(C)(C)C)cccc12. The minimum absolute atomic E-state index is 0.0695. The Hall–Kier alpha value is -1.21. The summed E-state index contributed by atoms with van der Waals surface area (Å²) in [6.07, 6.45) is 6.25. The van der Waals surface area contributed by atoms with E-state index in [0.717, 1.165) is 13.1 Å². The molecule has 0 atom stereocenters. The number of thioether (sulfide) groups is 1. The van der Waals surface area contributed by atoms with Gasteiger partial charge >= 0.3 is 0 Å². The number of likely N-dealkylation sites (N-methyl/N-ethyl adjacent to an activating group) is 1. The zero-order valence-corrected chi connectivity index (χ0v) is 16.3. The predicted octanol–water partition coefficient (Wildman–Crippen LogP) is 5.66. The molecule has 0 bridgehead atoms. The molecule has 0 unspecified atom stereocenters. The van der Waals surface area contributed by atoms with Crippen molar-refractivity contribution in [3.63, 3.8) is 0 Å². The van der Waals surface area contributed by atoms with E-state index in [2.05, 4.69) is 80.5 Å². The van der Waals surface area contributed by atoms with E-state index >= 15 is 0 Å². The van der Waals surface area contributed by atoms with Crippen LogP contribution in [0.2, 0.25) is 0 Å². The third-order valence-corrected chi connectivity index (χ3v) is 5.37. The highest BCUT2D eigenvalue weighted by atomic mass is 32.2. The van der Waals surface area contributed by atoms with Crippen molar-refractivity contribution < 1.29 is 0 Å². The minimum Gasteiger partial charge on any atom is -0.298 e. The molecule has 1 aromatic heterocycles. The molecule has 0 amide bonds. The molecule has 0 aliphatic carbocycles. The standard InChI is InChI=1S/C20H25NS2/c1-20(2,3)12-7-6-8-13-21(4)14-16-10-9-11-17-18(22-5)15-23-19(16)17/h6,8-11,15H,13-14H2,1-5H3/b8-6+. The molecule has 1 aromatic carbocycles. The quantitative estimate of drug-likeness (QED) is 0.509. The summed E-state index contributed by atoms with van der Waals surface area (Å²) >= 11 is 3.68. The molecule has 122 valence electrons. The van der Waals surface area contributed by atoms with Crippen molar-refractivity contribution in [1.29, 1.82) is 0 Å². The van der Waals surface area contributed by atoms with Crippen molar-refractivity contribution in [2.75, 3.05) is 19.8 Å². The fraction of sp³-hybridized carbons (Fsp3) is 0.400. The van der Waals surface area contributed by atoms with Crippen molar-refractivity contribution >= 4 is 33.2 Å². The number of hydrogen-bond acceptors (Lipinski definition) is 3. The Morgan fingerprint density at radius 3 is 2.78 bits per heavy atom. The maximum atomic E-state index is 3.22. The summed E-state index contributed by atoms with van der Waals surface area (Å²) in [6.45, 7) is 8.26. The van der Waals surface area contributed by atoms with Crippen LogP contribution in [0.25, 0.3) is 10.1 Å². The van der Waals surface area contributed by atoms with Crippen molar-refractivity contribution in [3.8, 4) is 11.8 Å². The average molecular weight is 344 g/mol. The van der Waals surface area contributed by atoms with Gasteiger partial charge in [0.2, 0.25) is 0 Å². The summed E-state index contributed by atoms with van der Waals surface area (Å²) < 4.78 is 1.42. The summed E-state index contributed by atoms with van der Waals surface area (Å²) in [5.74, 6) is 6.35. The Bertz CT molecular complexity index is 738. The summed E-state index contributed by atoms with van der Waals surface area (Å²) in [4.78, 5) is 3.70. The third kappa shape index (κ3) is 5.42. The molecule has 3 heteroatoms. The molecule has 2 rings (SSSR count). The highest BCUT2D eigenvalue weighted by molar-refractivity contribution is 7.99. The highest BCUT2D eigenvalue weighted by Crippen LogP contribution is 2.34. The number of benzene rings is 1. The van der Waals surface area contributed by atoms with Crippen LogP contribution in [0, 0.1) is 17.3 Å². The first-order chi connectivity index (χ1) is 10.9. The first-order valence-electron chi connectivity index (χ1n) is 7.80. The lowest BCUT2D eigenvalue weighted by molar-refractivity contribution is 0.365.